The van der Waals surface area contributed by atoms with Crippen LogP contribution in [0.3, 0.4) is 0 Å². The van der Waals surface area contributed by atoms with Crippen molar-refractivity contribution in [3.05, 3.63) is 64.7 Å². The lowest BCUT2D eigenvalue weighted by Crippen LogP contribution is -2.35. The molecule has 0 fully saturated rings. The number of benzene rings is 2. The highest BCUT2D eigenvalue weighted by atomic mass is 16.5. The summed E-state index contributed by atoms with van der Waals surface area (Å²) in [5, 5.41) is 2.94. The van der Waals surface area contributed by atoms with Gasteiger partial charge >= 0.3 is 5.97 Å². The molecule has 3 N–H and O–H groups in total. The number of hydrogen-bond acceptors (Lipinski definition) is 5. The summed E-state index contributed by atoms with van der Waals surface area (Å²) in [5.41, 5.74) is 10.2. The molecule has 0 saturated carbocycles. The van der Waals surface area contributed by atoms with Crippen molar-refractivity contribution in [2.24, 2.45) is 10.7 Å². The van der Waals surface area contributed by atoms with Crippen molar-refractivity contribution >= 4 is 23.4 Å². The summed E-state index contributed by atoms with van der Waals surface area (Å²) in [4.78, 5) is 30.9. The first-order valence-corrected chi connectivity index (χ1v) is 11.1. The van der Waals surface area contributed by atoms with Crippen LogP contribution in [0.4, 0.5) is 5.69 Å². The van der Waals surface area contributed by atoms with Crippen molar-refractivity contribution < 1.29 is 14.3 Å². The van der Waals surface area contributed by atoms with Gasteiger partial charge in [0.15, 0.2) is 0 Å². The van der Waals surface area contributed by atoms with Gasteiger partial charge < -0.3 is 15.8 Å². The van der Waals surface area contributed by atoms with Gasteiger partial charge in [0.05, 0.1) is 13.2 Å². The Balaban J connectivity index is 1.60. The van der Waals surface area contributed by atoms with E-state index in [-0.39, 0.29) is 25.0 Å². The molecule has 7 heteroatoms. The first-order valence-electron chi connectivity index (χ1n) is 11.1. The minimum Gasteiger partial charge on any atom is -0.465 e. The van der Waals surface area contributed by atoms with E-state index in [1.54, 1.807) is 24.3 Å². The zero-order chi connectivity index (χ0) is 23.6. The number of carbonyl (C=O) groups is 2. The van der Waals surface area contributed by atoms with Gasteiger partial charge in [-0.05, 0) is 48.2 Å². The highest BCUT2D eigenvalue weighted by Crippen LogP contribution is 2.23. The van der Waals surface area contributed by atoms with Crippen LogP contribution in [0, 0.1) is 12.3 Å². The van der Waals surface area contributed by atoms with Gasteiger partial charge in [-0.15, -0.1) is 6.42 Å². The number of fused-ring (bicyclic) bond motifs is 1. The fraction of sp³-hybridized carbons (Fsp3) is 0.346. The lowest BCUT2D eigenvalue weighted by molar-refractivity contribution is -0.145. The number of amidine groups is 1. The third-order valence-corrected chi connectivity index (χ3v) is 5.45. The normalized spacial score (nSPS) is 13.6. The molecule has 7 nitrogen and oxygen atoms in total. The van der Waals surface area contributed by atoms with Crippen LogP contribution in [-0.4, -0.2) is 48.9 Å². The van der Waals surface area contributed by atoms with Gasteiger partial charge in [0.2, 0.25) is 0 Å². The molecule has 0 aromatic heterocycles. The Morgan fingerprint density at radius 2 is 1.94 bits per heavy atom. The van der Waals surface area contributed by atoms with E-state index in [2.05, 4.69) is 28.1 Å². The van der Waals surface area contributed by atoms with E-state index in [9.17, 15) is 9.59 Å². The molecule has 1 aliphatic rings. The number of nitrogens with one attached hydrogen (secondary N) is 1. The molecule has 0 unspecified atom stereocenters. The van der Waals surface area contributed by atoms with Crippen LogP contribution in [0.5, 0.6) is 0 Å². The van der Waals surface area contributed by atoms with Gasteiger partial charge in [-0.1, -0.05) is 37.5 Å². The maximum atomic E-state index is 12.7. The van der Waals surface area contributed by atoms with E-state index < -0.39 is 0 Å². The number of nitrogens with zero attached hydrogens (tertiary/aromatic N) is 2. The third kappa shape index (κ3) is 6.93. The molecule has 0 bridgehead atoms. The van der Waals surface area contributed by atoms with Crippen molar-refractivity contribution in [1.82, 2.24) is 4.90 Å². The topological polar surface area (TPSA) is 97.0 Å². The molecule has 0 saturated heterocycles. The molecular weight excluding hydrogens is 416 g/mol. The van der Waals surface area contributed by atoms with Crippen molar-refractivity contribution in [2.75, 3.05) is 31.6 Å². The van der Waals surface area contributed by atoms with E-state index in [1.807, 2.05) is 18.2 Å². The molecule has 2 aromatic rings. The number of esters is 1. The standard InChI is InChI=1S/C26H30N4O3/c1-3-5-15-33-24(31)18-30-14-12-19-10-11-23(16-22(19)17-30)29-26(32)21-8-6-20(7-9-21)25(27)28-13-4-2/h2,6-11,16H,3,5,12-15,17-18H2,1H3,(H2,27,28)(H,29,32). The van der Waals surface area contributed by atoms with E-state index in [4.69, 9.17) is 16.9 Å². The molecule has 0 radical (unpaired) electrons. The zero-order valence-corrected chi connectivity index (χ0v) is 19.0. The lowest BCUT2D eigenvalue weighted by atomic mass is 9.99. The second-order valence-electron chi connectivity index (χ2n) is 7.96. The maximum Gasteiger partial charge on any atom is 0.320 e. The van der Waals surface area contributed by atoms with Crippen LogP contribution >= 0.6 is 0 Å². The second-order valence-corrected chi connectivity index (χ2v) is 7.96. The number of terminal acetylenes is 1. The summed E-state index contributed by atoms with van der Waals surface area (Å²) < 4.78 is 5.28. The third-order valence-electron chi connectivity index (χ3n) is 5.45. The SMILES string of the molecule is C#CCN=C(N)c1ccc(C(=O)Nc2ccc3c(c2)CN(CC(=O)OCCCC)CC3)cc1. The highest BCUT2D eigenvalue weighted by molar-refractivity contribution is 6.05. The van der Waals surface area contributed by atoms with Crippen LogP contribution in [0.15, 0.2) is 47.5 Å². The predicted octanol–water partition coefficient (Wildman–Crippen LogP) is 2.98. The molecule has 1 amide bonds. The van der Waals surface area contributed by atoms with E-state index in [0.717, 1.165) is 31.4 Å². The Labute approximate surface area is 195 Å². The number of amides is 1. The molecule has 0 aliphatic carbocycles. The van der Waals surface area contributed by atoms with Crippen LogP contribution in [-0.2, 0) is 22.5 Å². The molecule has 1 heterocycles. The lowest BCUT2D eigenvalue weighted by Gasteiger charge is -2.28. The van der Waals surface area contributed by atoms with Gasteiger partial charge in [0.25, 0.3) is 5.91 Å². The van der Waals surface area contributed by atoms with E-state index >= 15 is 0 Å². The summed E-state index contributed by atoms with van der Waals surface area (Å²) in [5.74, 6) is 2.35. The fourth-order valence-corrected chi connectivity index (χ4v) is 3.60. The number of carbonyl (C=O) groups excluding carboxylic acids is 2. The molecule has 0 spiro atoms. The smallest absolute Gasteiger partial charge is 0.320 e. The highest BCUT2D eigenvalue weighted by Gasteiger charge is 2.20. The summed E-state index contributed by atoms with van der Waals surface area (Å²) in [7, 11) is 0. The monoisotopic (exact) mass is 446 g/mol. The molecule has 2 aromatic carbocycles. The quantitative estimate of drug-likeness (QED) is 0.203. The number of anilines is 1. The van der Waals surface area contributed by atoms with E-state index in [1.165, 1.54) is 5.56 Å². The van der Waals surface area contributed by atoms with Crippen LogP contribution in [0.25, 0.3) is 0 Å². The number of nitrogens with two attached hydrogens (primary N) is 1. The average Bonchev–Trinajstić information content (AvgIpc) is 2.82. The van der Waals surface area contributed by atoms with Gasteiger partial charge in [0, 0.05) is 29.9 Å². The molecular formula is C26H30N4O3. The Morgan fingerprint density at radius 1 is 1.18 bits per heavy atom. The van der Waals surface area contributed by atoms with Gasteiger partial charge in [-0.25, -0.2) is 0 Å². The van der Waals surface area contributed by atoms with Crippen LogP contribution < -0.4 is 11.1 Å². The Bertz CT molecular complexity index is 1050. The predicted molar refractivity (Wildman–Crippen MR) is 130 cm³/mol. The number of hydrogen-bond donors (Lipinski definition) is 2. The van der Waals surface area contributed by atoms with Crippen molar-refractivity contribution in [2.45, 2.75) is 32.7 Å². The Morgan fingerprint density at radius 3 is 2.67 bits per heavy atom. The first-order chi connectivity index (χ1) is 16.0. The van der Waals surface area contributed by atoms with Crippen LogP contribution in [0.1, 0.15) is 46.8 Å². The summed E-state index contributed by atoms with van der Waals surface area (Å²) >= 11 is 0. The number of rotatable bonds is 9. The maximum absolute atomic E-state index is 12.7. The van der Waals surface area contributed by atoms with Crippen LogP contribution in [0.2, 0.25) is 0 Å². The zero-order valence-electron chi connectivity index (χ0n) is 19.0. The molecule has 172 valence electrons. The number of ether oxygens (including phenoxy) is 1. The largest absolute Gasteiger partial charge is 0.465 e. The van der Waals surface area contributed by atoms with Gasteiger partial charge in [0.1, 0.15) is 12.4 Å². The first kappa shape index (κ1) is 24.0. The Kier molecular flexibility index (Phi) is 8.62. The molecule has 1 aliphatic heterocycles. The summed E-state index contributed by atoms with van der Waals surface area (Å²) in [6.45, 7) is 4.48. The minimum atomic E-state index is -0.215. The molecule has 3 rings (SSSR count). The minimum absolute atomic E-state index is 0.190. The summed E-state index contributed by atoms with van der Waals surface area (Å²) in [6.07, 6.45) is 7.93. The van der Waals surface area contributed by atoms with Gasteiger partial charge in [-0.3, -0.25) is 19.5 Å². The summed E-state index contributed by atoms with van der Waals surface area (Å²) in [6, 6.07) is 12.8. The average molecular weight is 447 g/mol. The number of unbranched alkanes of at least 4 members (excludes halogenated alkanes) is 1. The fourth-order valence-electron chi connectivity index (χ4n) is 3.60. The van der Waals surface area contributed by atoms with Gasteiger partial charge in [-0.2, -0.15) is 0 Å². The Hall–Kier alpha value is -3.63. The van der Waals surface area contributed by atoms with Crippen molar-refractivity contribution in [1.29, 1.82) is 0 Å². The second kappa shape index (κ2) is 11.8. The molecule has 0 atom stereocenters. The molecule has 33 heavy (non-hydrogen) atoms. The van der Waals surface area contributed by atoms with Crippen molar-refractivity contribution in [3.63, 3.8) is 0 Å². The number of aliphatic imine (C=N–C) groups is 1. The van der Waals surface area contributed by atoms with E-state index in [0.29, 0.717) is 35.8 Å². The van der Waals surface area contributed by atoms with Crippen molar-refractivity contribution in [3.8, 4) is 12.3 Å².